The summed E-state index contributed by atoms with van der Waals surface area (Å²) >= 11 is 1.64. The van der Waals surface area contributed by atoms with Crippen LogP contribution in [0.1, 0.15) is 30.6 Å². The van der Waals surface area contributed by atoms with Crippen LogP contribution in [0.25, 0.3) is 10.8 Å². The van der Waals surface area contributed by atoms with Crippen molar-refractivity contribution in [3.63, 3.8) is 0 Å². The highest BCUT2D eigenvalue weighted by molar-refractivity contribution is 7.07. The van der Waals surface area contributed by atoms with Gasteiger partial charge in [-0.1, -0.05) is 25.1 Å². The molecule has 2 heterocycles. The molecule has 0 radical (unpaired) electrons. The molecule has 1 aromatic carbocycles. The number of benzene rings is 1. The number of thiazole rings is 1. The van der Waals surface area contributed by atoms with Gasteiger partial charge in [-0.2, -0.15) is 0 Å². The highest BCUT2D eigenvalue weighted by Gasteiger charge is 2.17. The van der Waals surface area contributed by atoms with Crippen LogP contribution in [0.4, 0.5) is 0 Å². The Kier molecular flexibility index (Phi) is 4.04. The first-order chi connectivity index (χ1) is 9.90. The van der Waals surface area contributed by atoms with Crippen molar-refractivity contribution < 1.29 is 0 Å². The molecule has 0 saturated carbocycles. The van der Waals surface area contributed by atoms with Gasteiger partial charge in [-0.05, 0) is 30.0 Å². The topological polar surface area (TPSA) is 37.8 Å². The van der Waals surface area contributed by atoms with Gasteiger partial charge in [0.25, 0.3) is 0 Å². The van der Waals surface area contributed by atoms with Crippen LogP contribution >= 0.6 is 11.3 Å². The van der Waals surface area contributed by atoms with Gasteiger partial charge in [0.2, 0.25) is 0 Å². The molecule has 0 aliphatic carbocycles. The normalized spacial score (nSPS) is 12.7. The van der Waals surface area contributed by atoms with Gasteiger partial charge < -0.3 is 5.32 Å². The van der Waals surface area contributed by atoms with Crippen LogP contribution in [0, 0.1) is 0 Å². The fourth-order valence-corrected chi connectivity index (χ4v) is 3.01. The summed E-state index contributed by atoms with van der Waals surface area (Å²) in [6.07, 6.45) is 4.87. The van der Waals surface area contributed by atoms with Gasteiger partial charge in [-0.15, -0.1) is 11.3 Å². The van der Waals surface area contributed by atoms with E-state index in [0.717, 1.165) is 18.7 Å². The van der Waals surface area contributed by atoms with Gasteiger partial charge in [0.1, 0.15) is 0 Å². The van der Waals surface area contributed by atoms with Gasteiger partial charge in [-0.25, -0.2) is 4.98 Å². The minimum absolute atomic E-state index is 0.146. The maximum atomic E-state index is 4.49. The molecule has 0 aliphatic heterocycles. The van der Waals surface area contributed by atoms with Crippen LogP contribution in [-0.4, -0.2) is 16.5 Å². The predicted octanol–water partition coefficient (Wildman–Crippen LogP) is 3.78. The number of fused-ring (bicyclic) bond motifs is 1. The fraction of sp³-hybridized carbons (Fsp3) is 0.250. The molecule has 4 heteroatoms. The SMILES string of the molecule is CCCNC(c1cscn1)c1cccc2cnccc12. The van der Waals surface area contributed by atoms with Crippen molar-refractivity contribution in [1.29, 1.82) is 0 Å². The van der Waals surface area contributed by atoms with E-state index in [1.54, 1.807) is 11.3 Å². The fourth-order valence-electron chi connectivity index (χ4n) is 2.43. The molecular formula is C16H17N3S. The molecule has 3 aromatic rings. The number of nitrogens with one attached hydrogen (secondary N) is 1. The van der Waals surface area contributed by atoms with Gasteiger partial charge in [0, 0.05) is 23.2 Å². The molecular weight excluding hydrogens is 266 g/mol. The number of pyridine rings is 1. The first kappa shape index (κ1) is 13.2. The Morgan fingerprint density at radius 1 is 1.30 bits per heavy atom. The quantitative estimate of drug-likeness (QED) is 0.774. The summed E-state index contributed by atoms with van der Waals surface area (Å²) in [5.41, 5.74) is 4.25. The van der Waals surface area contributed by atoms with E-state index in [9.17, 15) is 0 Å². The molecule has 2 aromatic heterocycles. The summed E-state index contributed by atoms with van der Waals surface area (Å²) < 4.78 is 0. The van der Waals surface area contributed by atoms with Crippen molar-refractivity contribution in [2.75, 3.05) is 6.54 Å². The second-order valence-electron chi connectivity index (χ2n) is 4.74. The van der Waals surface area contributed by atoms with Crippen molar-refractivity contribution in [3.05, 3.63) is 58.8 Å². The first-order valence-electron chi connectivity index (χ1n) is 6.84. The van der Waals surface area contributed by atoms with Crippen molar-refractivity contribution >= 4 is 22.1 Å². The average Bonchev–Trinajstić information content (AvgIpc) is 3.02. The summed E-state index contributed by atoms with van der Waals surface area (Å²) in [4.78, 5) is 8.70. The van der Waals surface area contributed by atoms with E-state index in [1.165, 1.54) is 16.3 Å². The number of nitrogens with zero attached hydrogens (tertiary/aromatic N) is 2. The first-order valence-corrected chi connectivity index (χ1v) is 7.78. The third kappa shape index (κ3) is 2.57. The lowest BCUT2D eigenvalue weighted by Gasteiger charge is -2.19. The van der Waals surface area contributed by atoms with E-state index < -0.39 is 0 Å². The van der Waals surface area contributed by atoms with E-state index in [1.807, 2.05) is 17.9 Å². The van der Waals surface area contributed by atoms with Crippen molar-refractivity contribution in [2.24, 2.45) is 0 Å². The van der Waals surface area contributed by atoms with Crippen molar-refractivity contribution in [2.45, 2.75) is 19.4 Å². The Morgan fingerprint density at radius 3 is 3.05 bits per heavy atom. The van der Waals surface area contributed by atoms with Crippen LogP contribution < -0.4 is 5.32 Å². The average molecular weight is 283 g/mol. The lowest BCUT2D eigenvalue weighted by atomic mass is 9.98. The smallest absolute Gasteiger partial charge is 0.0795 e. The Morgan fingerprint density at radius 2 is 2.25 bits per heavy atom. The second kappa shape index (κ2) is 6.11. The van der Waals surface area contributed by atoms with Crippen LogP contribution in [0.2, 0.25) is 0 Å². The van der Waals surface area contributed by atoms with Crippen LogP contribution in [-0.2, 0) is 0 Å². The number of aromatic nitrogens is 2. The lowest BCUT2D eigenvalue weighted by molar-refractivity contribution is 0.592. The zero-order valence-electron chi connectivity index (χ0n) is 11.4. The van der Waals surface area contributed by atoms with E-state index in [0.29, 0.717) is 0 Å². The van der Waals surface area contributed by atoms with Crippen LogP contribution in [0.5, 0.6) is 0 Å². The molecule has 3 nitrogen and oxygen atoms in total. The van der Waals surface area contributed by atoms with E-state index in [2.05, 4.69) is 51.9 Å². The number of hydrogen-bond donors (Lipinski definition) is 1. The number of rotatable bonds is 5. The molecule has 1 atom stereocenters. The summed E-state index contributed by atoms with van der Waals surface area (Å²) in [6.45, 7) is 3.15. The maximum Gasteiger partial charge on any atom is 0.0795 e. The van der Waals surface area contributed by atoms with Gasteiger partial charge in [-0.3, -0.25) is 4.98 Å². The summed E-state index contributed by atoms with van der Waals surface area (Å²) in [7, 11) is 0. The van der Waals surface area contributed by atoms with Crippen LogP contribution in [0.15, 0.2) is 47.5 Å². The second-order valence-corrected chi connectivity index (χ2v) is 5.46. The Bertz CT molecular complexity index is 674. The van der Waals surface area contributed by atoms with Crippen LogP contribution in [0.3, 0.4) is 0 Å². The molecule has 0 spiro atoms. The Balaban J connectivity index is 2.09. The molecule has 102 valence electrons. The van der Waals surface area contributed by atoms with E-state index in [-0.39, 0.29) is 6.04 Å². The predicted molar refractivity (Wildman–Crippen MR) is 84.0 cm³/mol. The van der Waals surface area contributed by atoms with Crippen molar-refractivity contribution in [3.8, 4) is 0 Å². The monoisotopic (exact) mass is 283 g/mol. The molecule has 3 rings (SSSR count). The molecule has 0 aliphatic rings. The maximum absolute atomic E-state index is 4.49. The molecule has 0 bridgehead atoms. The van der Waals surface area contributed by atoms with E-state index >= 15 is 0 Å². The standard InChI is InChI=1S/C16H17N3S/c1-2-7-18-16(15-10-20-11-19-15)14-5-3-4-12-9-17-8-6-13(12)14/h3-6,8-11,16,18H,2,7H2,1H3. The highest BCUT2D eigenvalue weighted by atomic mass is 32.1. The Labute approximate surface area is 122 Å². The number of hydrogen-bond acceptors (Lipinski definition) is 4. The minimum Gasteiger partial charge on any atom is -0.305 e. The highest BCUT2D eigenvalue weighted by Crippen LogP contribution is 2.28. The molecule has 1 N–H and O–H groups in total. The Hall–Kier alpha value is -1.78. The largest absolute Gasteiger partial charge is 0.305 e. The zero-order chi connectivity index (χ0) is 13.8. The zero-order valence-corrected chi connectivity index (χ0v) is 12.2. The van der Waals surface area contributed by atoms with Gasteiger partial charge >= 0.3 is 0 Å². The van der Waals surface area contributed by atoms with Gasteiger partial charge in [0.05, 0.1) is 17.2 Å². The van der Waals surface area contributed by atoms with Crippen molar-refractivity contribution in [1.82, 2.24) is 15.3 Å². The minimum atomic E-state index is 0.146. The summed E-state index contributed by atoms with van der Waals surface area (Å²) in [5.74, 6) is 0. The lowest BCUT2D eigenvalue weighted by Crippen LogP contribution is -2.23. The molecule has 1 unspecified atom stereocenters. The van der Waals surface area contributed by atoms with E-state index in [4.69, 9.17) is 0 Å². The summed E-state index contributed by atoms with van der Waals surface area (Å²) in [5, 5.41) is 8.13. The molecule has 0 amide bonds. The summed E-state index contributed by atoms with van der Waals surface area (Å²) in [6, 6.07) is 8.59. The molecule has 0 fully saturated rings. The molecule has 0 saturated heterocycles. The third-order valence-electron chi connectivity index (χ3n) is 3.37. The third-order valence-corrected chi connectivity index (χ3v) is 3.98. The molecule has 20 heavy (non-hydrogen) atoms. The van der Waals surface area contributed by atoms with Gasteiger partial charge in [0.15, 0.2) is 0 Å².